The fourth-order valence-corrected chi connectivity index (χ4v) is 2.95. The maximum atomic E-state index is 5.48. The summed E-state index contributed by atoms with van der Waals surface area (Å²) in [7, 11) is 0. The third-order valence-electron chi connectivity index (χ3n) is 1.42. The first-order chi connectivity index (χ1) is 5.77. The van der Waals surface area contributed by atoms with Gasteiger partial charge in [-0.3, -0.25) is 0 Å². The Morgan fingerprint density at radius 1 is 1.33 bits per heavy atom. The van der Waals surface area contributed by atoms with E-state index in [1.165, 1.54) is 0 Å². The van der Waals surface area contributed by atoms with E-state index >= 15 is 0 Å². The van der Waals surface area contributed by atoms with Crippen molar-refractivity contribution < 1.29 is 0 Å². The fourth-order valence-electron chi connectivity index (χ4n) is 0.755. The van der Waals surface area contributed by atoms with Crippen LogP contribution in [0.15, 0.2) is 18.3 Å². The number of halogens is 2. The zero-order valence-electron chi connectivity index (χ0n) is 6.37. The first-order valence-corrected chi connectivity index (χ1v) is 6.41. The van der Waals surface area contributed by atoms with Gasteiger partial charge in [0.15, 0.2) is 0 Å². The van der Waals surface area contributed by atoms with Crippen LogP contribution in [0.4, 0.5) is 11.5 Å². The smallest absolute Gasteiger partial charge is 0.123 e. The molecule has 0 aliphatic rings. The summed E-state index contributed by atoms with van der Waals surface area (Å²) < 4.78 is 1.93. The molecule has 1 aromatic heterocycles. The van der Waals surface area contributed by atoms with Crippen LogP contribution in [0.2, 0.25) is 0 Å². The number of nitrogen functional groups attached to an aromatic ring is 1. The highest BCUT2D eigenvalue weighted by molar-refractivity contribution is 14.1. The summed E-state index contributed by atoms with van der Waals surface area (Å²) >= 11 is 4.65. The Balaban J connectivity index is 2.80. The van der Waals surface area contributed by atoms with Crippen molar-refractivity contribution in [3.63, 3.8) is 0 Å². The number of rotatable bonds is 3. The van der Waals surface area contributed by atoms with E-state index in [9.17, 15) is 0 Å². The minimum Gasteiger partial charge on any atom is -0.384 e. The summed E-state index contributed by atoms with van der Waals surface area (Å²) in [5, 5.41) is 0. The molecule has 5 heteroatoms. The number of nitrogens with two attached hydrogens (primary N) is 1. The topological polar surface area (TPSA) is 42.1 Å². The van der Waals surface area contributed by atoms with Crippen LogP contribution in [0.3, 0.4) is 0 Å². The molecule has 0 radical (unpaired) electrons. The van der Waals surface area contributed by atoms with Gasteiger partial charge in [-0.25, -0.2) is 4.98 Å². The molecule has 0 saturated heterocycles. The lowest BCUT2D eigenvalue weighted by atomic mass is 10.4. The summed E-state index contributed by atoms with van der Waals surface area (Å²) in [6.07, 6.45) is 1.80. The molecule has 0 bridgehead atoms. The average Bonchev–Trinajstić information content (AvgIpc) is 2.10. The molecule has 12 heavy (non-hydrogen) atoms. The molecule has 0 aliphatic heterocycles. The highest BCUT2D eigenvalue weighted by atomic mass is 127. The van der Waals surface area contributed by atoms with Gasteiger partial charge in [0, 0.05) is 0 Å². The van der Waals surface area contributed by atoms with Crippen LogP contribution >= 0.6 is 45.2 Å². The lowest BCUT2D eigenvalue weighted by molar-refractivity contribution is 1.09. The summed E-state index contributed by atoms with van der Waals surface area (Å²) in [4.78, 5) is 6.23. The number of hydrogen-bond acceptors (Lipinski definition) is 3. The number of hydrogen-bond donors (Lipinski definition) is 1. The normalized spacial score (nSPS) is 9.83. The van der Waals surface area contributed by atoms with Gasteiger partial charge in [-0.05, 0) is 12.1 Å². The molecule has 1 aromatic rings. The molecule has 0 aliphatic carbocycles. The van der Waals surface area contributed by atoms with Crippen LogP contribution in [0.25, 0.3) is 0 Å². The molecule has 0 fully saturated rings. The van der Waals surface area contributed by atoms with Crippen LogP contribution in [0.1, 0.15) is 0 Å². The molecular formula is C7H9I2N3. The molecule has 2 N–H and O–H groups in total. The van der Waals surface area contributed by atoms with E-state index in [2.05, 4.69) is 55.1 Å². The Hall–Kier alpha value is 0.210. The summed E-state index contributed by atoms with van der Waals surface area (Å²) in [6.45, 7) is 0. The second-order valence-electron chi connectivity index (χ2n) is 2.22. The van der Waals surface area contributed by atoms with Gasteiger partial charge in [0.25, 0.3) is 0 Å². The van der Waals surface area contributed by atoms with E-state index in [4.69, 9.17) is 5.73 Å². The van der Waals surface area contributed by atoms with Gasteiger partial charge in [-0.1, -0.05) is 45.2 Å². The Bertz CT molecular complexity index is 233. The van der Waals surface area contributed by atoms with Gasteiger partial charge < -0.3 is 10.6 Å². The van der Waals surface area contributed by atoms with Gasteiger partial charge in [-0.2, -0.15) is 0 Å². The minimum atomic E-state index is 0.570. The van der Waals surface area contributed by atoms with Gasteiger partial charge in [0.1, 0.15) is 5.82 Å². The van der Waals surface area contributed by atoms with Crippen LogP contribution < -0.4 is 10.6 Å². The van der Waals surface area contributed by atoms with Crippen LogP contribution in [0, 0.1) is 0 Å². The Morgan fingerprint density at radius 3 is 2.42 bits per heavy atom. The third kappa shape index (κ3) is 2.61. The van der Waals surface area contributed by atoms with Crippen molar-refractivity contribution in [2.45, 2.75) is 0 Å². The number of alkyl halides is 2. The highest BCUT2D eigenvalue weighted by Crippen LogP contribution is 2.15. The quantitative estimate of drug-likeness (QED) is 0.490. The van der Waals surface area contributed by atoms with Crippen molar-refractivity contribution in [3.05, 3.63) is 18.3 Å². The molecule has 0 atom stereocenters. The zero-order chi connectivity index (χ0) is 8.97. The Morgan fingerprint density at radius 2 is 2.00 bits per heavy atom. The van der Waals surface area contributed by atoms with E-state index in [-0.39, 0.29) is 0 Å². The number of anilines is 2. The lowest BCUT2D eigenvalue weighted by Crippen LogP contribution is -2.18. The molecule has 0 saturated carbocycles. The Labute approximate surface area is 99.0 Å². The van der Waals surface area contributed by atoms with Crippen molar-refractivity contribution in [3.8, 4) is 0 Å². The molecule has 0 spiro atoms. The van der Waals surface area contributed by atoms with Crippen LogP contribution in [0.5, 0.6) is 0 Å². The number of nitrogens with zero attached hydrogens (tertiary/aromatic N) is 2. The van der Waals surface area contributed by atoms with E-state index < -0.39 is 0 Å². The highest BCUT2D eigenvalue weighted by Gasteiger charge is 2.01. The zero-order valence-corrected chi connectivity index (χ0v) is 10.7. The SMILES string of the molecule is Nc1ccc(N(CI)CI)cn1. The molecular weight excluding hydrogens is 380 g/mol. The predicted octanol–water partition coefficient (Wildman–Crippen LogP) is 2.26. The van der Waals surface area contributed by atoms with Gasteiger partial charge in [-0.15, -0.1) is 0 Å². The number of pyridine rings is 1. The van der Waals surface area contributed by atoms with Crippen LogP contribution in [-0.4, -0.2) is 14.1 Å². The van der Waals surface area contributed by atoms with E-state index in [1.54, 1.807) is 6.20 Å². The van der Waals surface area contributed by atoms with Gasteiger partial charge in [0.05, 0.1) is 21.0 Å². The summed E-state index contributed by atoms with van der Waals surface area (Å²) in [5.41, 5.74) is 6.59. The molecule has 0 aromatic carbocycles. The maximum absolute atomic E-state index is 5.48. The third-order valence-corrected chi connectivity index (χ3v) is 3.07. The molecule has 1 rings (SSSR count). The first kappa shape index (κ1) is 10.3. The monoisotopic (exact) mass is 389 g/mol. The molecule has 0 amide bonds. The molecule has 66 valence electrons. The van der Waals surface area contributed by atoms with Crippen molar-refractivity contribution in [1.29, 1.82) is 0 Å². The lowest BCUT2D eigenvalue weighted by Gasteiger charge is -2.18. The molecule has 0 unspecified atom stereocenters. The first-order valence-electron chi connectivity index (χ1n) is 3.36. The molecule has 1 heterocycles. The minimum absolute atomic E-state index is 0.570. The summed E-state index contributed by atoms with van der Waals surface area (Å²) in [6, 6.07) is 3.81. The van der Waals surface area contributed by atoms with Crippen molar-refractivity contribution in [2.75, 3.05) is 19.7 Å². The van der Waals surface area contributed by atoms with Crippen molar-refractivity contribution in [1.82, 2.24) is 4.98 Å². The second kappa shape index (κ2) is 5.05. The standard InChI is InChI=1S/C7H9I2N3/c8-4-12(5-9)6-1-2-7(10)11-3-6/h1-3H,4-5H2,(H2,10,11). The average molecular weight is 389 g/mol. The summed E-state index contributed by atoms with van der Waals surface area (Å²) in [5.74, 6) is 0.570. The Kier molecular flexibility index (Phi) is 4.33. The van der Waals surface area contributed by atoms with Crippen molar-refractivity contribution >= 4 is 56.7 Å². The van der Waals surface area contributed by atoms with E-state index in [0.29, 0.717) is 5.82 Å². The van der Waals surface area contributed by atoms with E-state index in [1.807, 2.05) is 12.1 Å². The van der Waals surface area contributed by atoms with Crippen LogP contribution in [-0.2, 0) is 0 Å². The van der Waals surface area contributed by atoms with Gasteiger partial charge in [0.2, 0.25) is 0 Å². The predicted molar refractivity (Wildman–Crippen MR) is 68.9 cm³/mol. The van der Waals surface area contributed by atoms with E-state index in [0.717, 1.165) is 14.8 Å². The fraction of sp³-hybridized carbons (Fsp3) is 0.286. The second-order valence-corrected chi connectivity index (χ2v) is 3.58. The van der Waals surface area contributed by atoms with Crippen molar-refractivity contribution in [2.24, 2.45) is 0 Å². The number of aromatic nitrogens is 1. The van der Waals surface area contributed by atoms with Gasteiger partial charge >= 0.3 is 0 Å². The largest absolute Gasteiger partial charge is 0.384 e. The maximum Gasteiger partial charge on any atom is 0.123 e. The molecule has 3 nitrogen and oxygen atoms in total.